The molecule has 0 aliphatic carbocycles. The van der Waals surface area contributed by atoms with Gasteiger partial charge in [-0.25, -0.2) is 4.79 Å². The zero-order valence-electron chi connectivity index (χ0n) is 14.6. The first-order chi connectivity index (χ1) is 11.8. The van der Waals surface area contributed by atoms with E-state index in [1.807, 2.05) is 51.1 Å². The number of carbonyl (C=O) groups is 2. The molecule has 2 N–H and O–H groups in total. The lowest BCUT2D eigenvalue weighted by Gasteiger charge is -2.29. The van der Waals surface area contributed by atoms with Gasteiger partial charge < -0.3 is 15.0 Å². The minimum absolute atomic E-state index is 0.255. The van der Waals surface area contributed by atoms with Gasteiger partial charge in [0.1, 0.15) is 5.60 Å². The molecule has 2 amide bonds. The van der Waals surface area contributed by atoms with Crippen molar-refractivity contribution in [2.45, 2.75) is 39.3 Å². The molecule has 0 saturated carbocycles. The third-order valence-electron chi connectivity index (χ3n) is 3.83. The summed E-state index contributed by atoms with van der Waals surface area (Å²) in [5, 5.41) is 9.86. The number of nitrogens with zero attached hydrogens (tertiary/aromatic N) is 2. The first kappa shape index (κ1) is 17.0. The maximum atomic E-state index is 12.5. The van der Waals surface area contributed by atoms with Gasteiger partial charge in [0, 0.05) is 17.8 Å². The second-order valence-corrected chi connectivity index (χ2v) is 7.00. The van der Waals surface area contributed by atoms with Gasteiger partial charge in [-0.05, 0) is 39.3 Å². The van der Waals surface area contributed by atoms with Crippen LogP contribution >= 0.6 is 0 Å². The number of carbonyl (C=O) groups excluding carboxylic acids is 2. The first-order valence-corrected chi connectivity index (χ1v) is 8.24. The Morgan fingerprint density at radius 2 is 1.96 bits per heavy atom. The fourth-order valence-electron chi connectivity index (χ4n) is 2.70. The Kier molecular flexibility index (Phi) is 4.48. The quantitative estimate of drug-likeness (QED) is 0.878. The van der Waals surface area contributed by atoms with Crippen LogP contribution in [0, 0.1) is 0 Å². The summed E-state index contributed by atoms with van der Waals surface area (Å²) in [6, 6.07) is 9.24. The zero-order valence-corrected chi connectivity index (χ0v) is 14.6. The molecule has 7 heteroatoms. The molecule has 132 valence electrons. The number of benzene rings is 1. The summed E-state index contributed by atoms with van der Waals surface area (Å²) in [7, 11) is 0. The van der Waals surface area contributed by atoms with E-state index >= 15 is 0 Å². The van der Waals surface area contributed by atoms with Crippen LogP contribution in [0.3, 0.4) is 0 Å². The predicted octanol–water partition coefficient (Wildman–Crippen LogP) is 2.96. The van der Waals surface area contributed by atoms with Crippen molar-refractivity contribution in [3.63, 3.8) is 0 Å². The molecular weight excluding hydrogens is 320 g/mol. The van der Waals surface area contributed by atoms with Gasteiger partial charge in [0.2, 0.25) is 0 Å². The zero-order chi connectivity index (χ0) is 18.0. The van der Waals surface area contributed by atoms with Crippen molar-refractivity contribution in [1.29, 1.82) is 0 Å². The van der Waals surface area contributed by atoms with E-state index < -0.39 is 5.60 Å². The standard InChI is InChI=1S/C18H22N4O3/c1-18(2,3)25-17(24)22-10-9-13-14(11-22)20-21-15(13)16(23)19-12-7-5-4-6-8-12/h4-8H,9-11H2,1-3H3,(H,19,23)(H,20,21). The molecule has 0 atom stereocenters. The molecule has 3 rings (SSSR count). The topological polar surface area (TPSA) is 87.3 Å². The molecule has 0 bridgehead atoms. The lowest BCUT2D eigenvalue weighted by Crippen LogP contribution is -2.40. The number of aromatic nitrogens is 2. The van der Waals surface area contributed by atoms with Crippen molar-refractivity contribution in [2.24, 2.45) is 0 Å². The van der Waals surface area contributed by atoms with Gasteiger partial charge in [0.25, 0.3) is 5.91 Å². The summed E-state index contributed by atoms with van der Waals surface area (Å²) >= 11 is 0. The van der Waals surface area contributed by atoms with Crippen LogP contribution in [0.2, 0.25) is 0 Å². The maximum Gasteiger partial charge on any atom is 0.410 e. The van der Waals surface area contributed by atoms with Crippen LogP contribution < -0.4 is 5.32 Å². The number of amides is 2. The summed E-state index contributed by atoms with van der Waals surface area (Å²) in [6.07, 6.45) is 0.200. The number of ether oxygens (including phenoxy) is 1. The highest BCUT2D eigenvalue weighted by Crippen LogP contribution is 2.22. The van der Waals surface area contributed by atoms with Crippen molar-refractivity contribution in [3.8, 4) is 0 Å². The highest BCUT2D eigenvalue weighted by atomic mass is 16.6. The second kappa shape index (κ2) is 6.58. The van der Waals surface area contributed by atoms with Crippen LogP contribution in [0.5, 0.6) is 0 Å². The summed E-state index contributed by atoms with van der Waals surface area (Å²) in [6.45, 7) is 6.36. The van der Waals surface area contributed by atoms with E-state index in [0.29, 0.717) is 25.2 Å². The smallest absolute Gasteiger partial charge is 0.410 e. The molecule has 0 spiro atoms. The predicted molar refractivity (Wildman–Crippen MR) is 93.3 cm³/mol. The number of H-pyrrole nitrogens is 1. The second-order valence-electron chi connectivity index (χ2n) is 7.00. The Hall–Kier alpha value is -2.83. The number of rotatable bonds is 2. The SMILES string of the molecule is CC(C)(C)OC(=O)N1CCc2c(C(=O)Nc3ccccc3)n[nH]c2C1. The van der Waals surface area contributed by atoms with E-state index in [4.69, 9.17) is 4.74 Å². The molecule has 1 aromatic heterocycles. The van der Waals surface area contributed by atoms with Crippen molar-refractivity contribution in [2.75, 3.05) is 11.9 Å². The fraction of sp³-hybridized carbons (Fsp3) is 0.389. The lowest BCUT2D eigenvalue weighted by atomic mass is 10.0. The first-order valence-electron chi connectivity index (χ1n) is 8.24. The van der Waals surface area contributed by atoms with Crippen LogP contribution in [-0.4, -0.2) is 39.2 Å². The number of fused-ring (bicyclic) bond motifs is 1. The van der Waals surface area contributed by atoms with E-state index in [9.17, 15) is 9.59 Å². The van der Waals surface area contributed by atoms with Gasteiger partial charge in [0.15, 0.2) is 5.69 Å². The minimum Gasteiger partial charge on any atom is -0.444 e. The third-order valence-corrected chi connectivity index (χ3v) is 3.83. The Bertz CT molecular complexity index is 777. The molecule has 1 aromatic carbocycles. The molecule has 25 heavy (non-hydrogen) atoms. The normalized spacial score (nSPS) is 14.0. The molecule has 0 unspecified atom stereocenters. The maximum absolute atomic E-state index is 12.5. The van der Waals surface area contributed by atoms with Gasteiger partial charge in [-0.15, -0.1) is 0 Å². The molecule has 2 heterocycles. The molecule has 1 aliphatic heterocycles. The Labute approximate surface area is 146 Å². The molecule has 2 aromatic rings. The van der Waals surface area contributed by atoms with Crippen LogP contribution in [0.1, 0.15) is 42.5 Å². The van der Waals surface area contributed by atoms with Gasteiger partial charge in [0.05, 0.1) is 12.2 Å². The Morgan fingerprint density at radius 1 is 1.24 bits per heavy atom. The number of aromatic amines is 1. The van der Waals surface area contributed by atoms with Crippen LogP contribution in [0.15, 0.2) is 30.3 Å². The average Bonchev–Trinajstić information content (AvgIpc) is 2.97. The Balaban J connectivity index is 1.70. The average molecular weight is 342 g/mol. The number of para-hydroxylation sites is 1. The molecule has 0 radical (unpaired) electrons. The van der Waals surface area contributed by atoms with Crippen LogP contribution in [-0.2, 0) is 17.7 Å². The number of anilines is 1. The summed E-state index contributed by atoms with van der Waals surface area (Å²) in [4.78, 5) is 26.3. The lowest BCUT2D eigenvalue weighted by molar-refractivity contribution is 0.0221. The molecular formula is C18H22N4O3. The van der Waals surface area contributed by atoms with E-state index in [1.165, 1.54) is 0 Å². The van der Waals surface area contributed by atoms with Gasteiger partial charge in [-0.1, -0.05) is 18.2 Å². The summed E-state index contributed by atoms with van der Waals surface area (Å²) in [5.74, 6) is -0.255. The number of nitrogens with one attached hydrogen (secondary N) is 2. The van der Waals surface area contributed by atoms with E-state index in [2.05, 4.69) is 15.5 Å². The number of hydrogen-bond acceptors (Lipinski definition) is 4. The molecule has 1 aliphatic rings. The van der Waals surface area contributed by atoms with Crippen molar-refractivity contribution in [1.82, 2.24) is 15.1 Å². The van der Waals surface area contributed by atoms with E-state index in [0.717, 1.165) is 16.9 Å². The summed E-state index contributed by atoms with van der Waals surface area (Å²) < 4.78 is 5.40. The van der Waals surface area contributed by atoms with Crippen molar-refractivity contribution < 1.29 is 14.3 Å². The van der Waals surface area contributed by atoms with Crippen LogP contribution in [0.25, 0.3) is 0 Å². The molecule has 0 fully saturated rings. The molecule has 0 saturated heterocycles. The monoisotopic (exact) mass is 342 g/mol. The van der Waals surface area contributed by atoms with Gasteiger partial charge in [-0.2, -0.15) is 5.10 Å². The number of hydrogen-bond donors (Lipinski definition) is 2. The summed E-state index contributed by atoms with van der Waals surface area (Å²) in [5.41, 5.74) is 2.19. The van der Waals surface area contributed by atoms with E-state index in [-0.39, 0.29) is 12.0 Å². The van der Waals surface area contributed by atoms with Crippen molar-refractivity contribution >= 4 is 17.7 Å². The van der Waals surface area contributed by atoms with Gasteiger partial charge in [-0.3, -0.25) is 9.89 Å². The van der Waals surface area contributed by atoms with Gasteiger partial charge >= 0.3 is 6.09 Å². The highest BCUT2D eigenvalue weighted by Gasteiger charge is 2.29. The fourth-order valence-corrected chi connectivity index (χ4v) is 2.70. The highest BCUT2D eigenvalue weighted by molar-refractivity contribution is 6.04. The third kappa shape index (κ3) is 3.99. The van der Waals surface area contributed by atoms with E-state index in [1.54, 1.807) is 4.90 Å². The Morgan fingerprint density at radius 3 is 2.64 bits per heavy atom. The van der Waals surface area contributed by atoms with Crippen molar-refractivity contribution in [3.05, 3.63) is 47.3 Å². The van der Waals surface area contributed by atoms with Crippen LogP contribution in [0.4, 0.5) is 10.5 Å². The molecule has 7 nitrogen and oxygen atoms in total. The largest absolute Gasteiger partial charge is 0.444 e. The minimum atomic E-state index is -0.536.